The molecule has 0 fully saturated rings. The van der Waals surface area contributed by atoms with E-state index in [4.69, 9.17) is 4.42 Å². The van der Waals surface area contributed by atoms with Crippen LogP contribution >= 0.6 is 0 Å². The van der Waals surface area contributed by atoms with Gasteiger partial charge in [0.2, 0.25) is 0 Å². The van der Waals surface area contributed by atoms with Crippen LogP contribution in [0, 0.1) is 0 Å². The summed E-state index contributed by atoms with van der Waals surface area (Å²) < 4.78 is 5.18. The summed E-state index contributed by atoms with van der Waals surface area (Å²) in [6, 6.07) is 5.66. The smallest absolute Gasteiger partial charge is 0.181 e. The molecule has 2 aromatic rings. The van der Waals surface area contributed by atoms with Crippen LogP contribution in [0.2, 0.25) is 0 Å². The quantitative estimate of drug-likeness (QED) is 0.853. The molecule has 0 spiro atoms. The van der Waals surface area contributed by atoms with E-state index < -0.39 is 6.10 Å². The molecule has 4 nitrogen and oxygen atoms in total. The van der Waals surface area contributed by atoms with Crippen LogP contribution in [0.15, 0.2) is 29.0 Å². The van der Waals surface area contributed by atoms with E-state index in [1.54, 1.807) is 0 Å². The van der Waals surface area contributed by atoms with Gasteiger partial charge in [0.25, 0.3) is 0 Å². The van der Waals surface area contributed by atoms with Crippen LogP contribution in [0.5, 0.6) is 0 Å². The molecule has 1 aromatic heterocycles. The predicted molar refractivity (Wildman–Crippen MR) is 71.4 cm³/mol. The van der Waals surface area contributed by atoms with Gasteiger partial charge in [-0.15, -0.1) is 0 Å². The number of aliphatic hydroxyl groups is 1. The summed E-state index contributed by atoms with van der Waals surface area (Å²) in [5.74, 6) is 0. The number of benzene rings is 1. The molecule has 18 heavy (non-hydrogen) atoms. The highest BCUT2D eigenvalue weighted by Gasteiger charge is 2.11. The molecule has 1 aromatic carbocycles. The van der Waals surface area contributed by atoms with Crippen molar-refractivity contribution in [1.29, 1.82) is 0 Å². The van der Waals surface area contributed by atoms with E-state index in [9.17, 15) is 5.11 Å². The zero-order chi connectivity index (χ0) is 13.0. The molecule has 1 N–H and O–H groups in total. The molecule has 0 amide bonds. The topological polar surface area (TPSA) is 49.5 Å². The Morgan fingerprint density at radius 1 is 1.33 bits per heavy atom. The Balaban J connectivity index is 2.01. The third-order valence-electron chi connectivity index (χ3n) is 3.35. The van der Waals surface area contributed by atoms with Gasteiger partial charge in [-0.05, 0) is 37.2 Å². The highest BCUT2D eigenvalue weighted by atomic mass is 16.3. The van der Waals surface area contributed by atoms with Gasteiger partial charge in [0, 0.05) is 6.54 Å². The third kappa shape index (κ3) is 2.89. The number of nitrogens with zero attached hydrogens (tertiary/aromatic N) is 2. The van der Waals surface area contributed by atoms with E-state index in [1.165, 1.54) is 6.39 Å². The highest BCUT2D eigenvalue weighted by molar-refractivity contribution is 5.72. The zero-order valence-electron chi connectivity index (χ0n) is 11.0. The Morgan fingerprint density at radius 2 is 2.11 bits per heavy atom. The Kier molecular flexibility index (Phi) is 4.33. The number of fused-ring (bicyclic) bond motifs is 1. The first-order chi connectivity index (χ1) is 8.74. The van der Waals surface area contributed by atoms with Gasteiger partial charge in [0.15, 0.2) is 12.0 Å². The maximum atomic E-state index is 10.2. The molecule has 0 saturated carbocycles. The molecule has 1 atom stereocenters. The van der Waals surface area contributed by atoms with Crippen molar-refractivity contribution in [3.05, 3.63) is 30.2 Å². The van der Waals surface area contributed by atoms with Crippen molar-refractivity contribution in [1.82, 2.24) is 9.88 Å². The van der Waals surface area contributed by atoms with Crippen LogP contribution in [0.3, 0.4) is 0 Å². The molecular weight excluding hydrogens is 228 g/mol. The van der Waals surface area contributed by atoms with E-state index >= 15 is 0 Å². The van der Waals surface area contributed by atoms with E-state index in [0.29, 0.717) is 0 Å². The van der Waals surface area contributed by atoms with Crippen LogP contribution in [0.4, 0.5) is 0 Å². The van der Waals surface area contributed by atoms with Gasteiger partial charge < -0.3 is 14.4 Å². The normalized spacial score (nSPS) is 13.3. The van der Waals surface area contributed by atoms with Crippen LogP contribution in [0.25, 0.3) is 11.1 Å². The van der Waals surface area contributed by atoms with Crippen molar-refractivity contribution in [2.75, 3.05) is 19.6 Å². The second kappa shape index (κ2) is 5.98. The molecule has 0 aliphatic rings. The predicted octanol–water partition coefficient (Wildman–Crippen LogP) is 2.59. The maximum absolute atomic E-state index is 10.2. The summed E-state index contributed by atoms with van der Waals surface area (Å²) in [6.07, 6.45) is 1.73. The van der Waals surface area contributed by atoms with Crippen LogP contribution in [-0.4, -0.2) is 34.6 Å². The summed E-state index contributed by atoms with van der Waals surface area (Å²) in [5.41, 5.74) is 2.47. The second-order valence-corrected chi connectivity index (χ2v) is 4.41. The fourth-order valence-electron chi connectivity index (χ4n) is 2.09. The van der Waals surface area contributed by atoms with Crippen molar-refractivity contribution in [2.24, 2.45) is 0 Å². The van der Waals surface area contributed by atoms with Crippen molar-refractivity contribution in [3.63, 3.8) is 0 Å². The fraction of sp³-hybridized carbons (Fsp3) is 0.500. The molecule has 4 heteroatoms. The minimum absolute atomic E-state index is 0.438. The average molecular weight is 248 g/mol. The van der Waals surface area contributed by atoms with Gasteiger partial charge in [-0.25, -0.2) is 4.98 Å². The average Bonchev–Trinajstić information content (AvgIpc) is 2.86. The van der Waals surface area contributed by atoms with Crippen molar-refractivity contribution in [2.45, 2.75) is 26.4 Å². The number of oxazole rings is 1. The minimum Gasteiger partial charge on any atom is -0.443 e. The van der Waals surface area contributed by atoms with E-state index in [0.717, 1.165) is 42.7 Å². The third-order valence-corrected chi connectivity index (χ3v) is 3.35. The number of hydrogen-bond donors (Lipinski definition) is 1. The molecule has 0 aliphatic carbocycles. The Morgan fingerprint density at radius 3 is 2.83 bits per heavy atom. The molecule has 1 unspecified atom stereocenters. The van der Waals surface area contributed by atoms with Gasteiger partial charge in [-0.1, -0.05) is 19.9 Å². The van der Waals surface area contributed by atoms with Gasteiger partial charge >= 0.3 is 0 Å². The standard InChI is InChI=1S/C14H20N2O2/c1-3-16(4-2)8-7-13(17)11-5-6-14-12(9-11)15-10-18-14/h5-6,9-10,13,17H,3-4,7-8H2,1-2H3. The second-order valence-electron chi connectivity index (χ2n) is 4.41. The van der Waals surface area contributed by atoms with Gasteiger partial charge in [-0.2, -0.15) is 0 Å². The summed E-state index contributed by atoms with van der Waals surface area (Å²) in [5, 5.41) is 10.2. The van der Waals surface area contributed by atoms with Gasteiger partial charge in [0.1, 0.15) is 5.52 Å². The lowest BCUT2D eigenvalue weighted by molar-refractivity contribution is 0.145. The molecule has 0 aliphatic heterocycles. The summed E-state index contributed by atoms with van der Waals surface area (Å²) in [4.78, 5) is 6.40. The highest BCUT2D eigenvalue weighted by Crippen LogP contribution is 2.21. The first-order valence-corrected chi connectivity index (χ1v) is 6.48. The summed E-state index contributed by atoms with van der Waals surface area (Å²) in [6.45, 7) is 7.22. The first kappa shape index (κ1) is 13.1. The van der Waals surface area contributed by atoms with Gasteiger partial charge in [0.05, 0.1) is 6.10 Å². The molecule has 0 bridgehead atoms. The fourth-order valence-corrected chi connectivity index (χ4v) is 2.09. The molecule has 2 rings (SSSR count). The SMILES string of the molecule is CCN(CC)CCC(O)c1ccc2ocnc2c1. The number of hydrogen-bond acceptors (Lipinski definition) is 4. The largest absolute Gasteiger partial charge is 0.443 e. The van der Waals surface area contributed by atoms with Crippen molar-refractivity contribution < 1.29 is 9.52 Å². The lowest BCUT2D eigenvalue weighted by Crippen LogP contribution is -2.25. The monoisotopic (exact) mass is 248 g/mol. The van der Waals surface area contributed by atoms with Crippen LogP contribution < -0.4 is 0 Å². The minimum atomic E-state index is -0.438. The summed E-state index contributed by atoms with van der Waals surface area (Å²) >= 11 is 0. The van der Waals surface area contributed by atoms with Crippen LogP contribution in [-0.2, 0) is 0 Å². The van der Waals surface area contributed by atoms with E-state index in [1.807, 2.05) is 18.2 Å². The number of rotatable bonds is 6. The Labute approximate surface area is 107 Å². The van der Waals surface area contributed by atoms with Crippen LogP contribution in [0.1, 0.15) is 31.9 Å². The lowest BCUT2D eigenvalue weighted by atomic mass is 10.1. The van der Waals surface area contributed by atoms with Gasteiger partial charge in [-0.3, -0.25) is 0 Å². The zero-order valence-corrected chi connectivity index (χ0v) is 11.0. The molecular formula is C14H20N2O2. The number of aromatic nitrogens is 1. The maximum Gasteiger partial charge on any atom is 0.181 e. The molecule has 0 radical (unpaired) electrons. The Hall–Kier alpha value is -1.39. The summed E-state index contributed by atoms with van der Waals surface area (Å²) in [7, 11) is 0. The van der Waals surface area contributed by atoms with E-state index in [2.05, 4.69) is 23.7 Å². The molecule has 98 valence electrons. The Bertz CT molecular complexity index is 491. The van der Waals surface area contributed by atoms with Crippen molar-refractivity contribution >= 4 is 11.1 Å². The molecule has 0 saturated heterocycles. The lowest BCUT2D eigenvalue weighted by Gasteiger charge is -2.20. The van der Waals surface area contributed by atoms with Crippen molar-refractivity contribution in [3.8, 4) is 0 Å². The first-order valence-electron chi connectivity index (χ1n) is 6.48. The molecule has 1 heterocycles. The van der Waals surface area contributed by atoms with E-state index in [-0.39, 0.29) is 0 Å². The number of aliphatic hydroxyl groups excluding tert-OH is 1.